The maximum absolute atomic E-state index is 13.0. The number of thioether (sulfide) groups is 1. The summed E-state index contributed by atoms with van der Waals surface area (Å²) in [6.45, 7) is 0.323. The van der Waals surface area contributed by atoms with Crippen LogP contribution in [0.1, 0.15) is 21.5 Å². The molecule has 1 amide bonds. The van der Waals surface area contributed by atoms with E-state index in [1.807, 2.05) is 12.1 Å². The van der Waals surface area contributed by atoms with E-state index in [2.05, 4.69) is 4.99 Å². The van der Waals surface area contributed by atoms with Gasteiger partial charge in [0.2, 0.25) is 0 Å². The van der Waals surface area contributed by atoms with Gasteiger partial charge in [-0.25, -0.2) is 9.38 Å². The van der Waals surface area contributed by atoms with Crippen LogP contribution in [0, 0.1) is 5.82 Å². The van der Waals surface area contributed by atoms with Crippen molar-refractivity contribution >= 4 is 40.6 Å². The van der Waals surface area contributed by atoms with Gasteiger partial charge >= 0.3 is 0 Å². The highest BCUT2D eigenvalue weighted by Gasteiger charge is 2.30. The highest BCUT2D eigenvalue weighted by molar-refractivity contribution is 8.18. The molecule has 0 N–H and O–H groups in total. The fourth-order valence-electron chi connectivity index (χ4n) is 2.99. The van der Waals surface area contributed by atoms with Gasteiger partial charge in [-0.3, -0.25) is 9.69 Å². The number of carbonyl (C=O) groups is 2. The first kappa shape index (κ1) is 22.3. The Labute approximate surface area is 194 Å². The molecule has 3 aromatic carbocycles. The average molecular weight is 461 g/mol. The van der Waals surface area contributed by atoms with Crippen LogP contribution in [-0.4, -0.2) is 29.0 Å². The molecule has 0 unspecified atom stereocenters. The number of amidine groups is 1. The van der Waals surface area contributed by atoms with Gasteiger partial charge in [0.25, 0.3) is 5.91 Å². The number of aromatic carboxylic acids is 1. The van der Waals surface area contributed by atoms with Crippen molar-refractivity contribution in [1.29, 1.82) is 0 Å². The van der Waals surface area contributed by atoms with Crippen LogP contribution in [0.2, 0.25) is 0 Å². The second-order valence-electron chi connectivity index (χ2n) is 7.19. The molecule has 8 heteroatoms. The Kier molecular flexibility index (Phi) is 6.55. The SMILES string of the molecule is CN1C(=O)C(=Cc2ccc(OCc3ccc(F)cc3)cc2)SC1=Nc1ccc(C(=O)[O-])cc1. The van der Waals surface area contributed by atoms with E-state index in [0.29, 0.717) is 28.1 Å². The van der Waals surface area contributed by atoms with Crippen molar-refractivity contribution in [3.05, 3.63) is 100 Å². The van der Waals surface area contributed by atoms with E-state index in [1.165, 1.54) is 40.9 Å². The third-order valence-electron chi connectivity index (χ3n) is 4.83. The summed E-state index contributed by atoms with van der Waals surface area (Å²) >= 11 is 1.24. The first-order valence-corrected chi connectivity index (χ1v) is 10.8. The number of carboxylic acids is 1. The molecule has 1 aliphatic rings. The molecule has 0 spiro atoms. The Morgan fingerprint density at radius 3 is 2.36 bits per heavy atom. The number of nitrogens with zero attached hydrogens (tertiary/aromatic N) is 2. The fraction of sp³-hybridized carbons (Fsp3) is 0.0800. The molecule has 0 aliphatic carbocycles. The lowest BCUT2D eigenvalue weighted by Crippen LogP contribution is -2.23. The predicted molar refractivity (Wildman–Crippen MR) is 123 cm³/mol. The molecule has 6 nitrogen and oxygen atoms in total. The zero-order chi connectivity index (χ0) is 23.4. The number of hydrogen-bond donors (Lipinski definition) is 0. The second-order valence-corrected chi connectivity index (χ2v) is 8.20. The van der Waals surface area contributed by atoms with Gasteiger partial charge < -0.3 is 14.6 Å². The topological polar surface area (TPSA) is 82.0 Å². The number of hydrogen-bond acceptors (Lipinski definition) is 6. The summed E-state index contributed by atoms with van der Waals surface area (Å²) in [4.78, 5) is 29.9. The number of likely N-dealkylation sites (N-methyl/N-ethyl adjacent to an activating group) is 1. The van der Waals surface area contributed by atoms with Crippen LogP contribution in [0.5, 0.6) is 5.75 Å². The molecular formula is C25H18FN2O4S-. The summed E-state index contributed by atoms with van der Waals surface area (Å²) in [7, 11) is 1.64. The zero-order valence-electron chi connectivity index (χ0n) is 17.5. The smallest absolute Gasteiger partial charge is 0.266 e. The quantitative estimate of drug-likeness (QED) is 0.518. The monoisotopic (exact) mass is 461 g/mol. The Morgan fingerprint density at radius 2 is 1.73 bits per heavy atom. The molecule has 0 radical (unpaired) electrons. The summed E-state index contributed by atoms with van der Waals surface area (Å²) in [5.74, 6) is -1.07. The zero-order valence-corrected chi connectivity index (χ0v) is 18.3. The van der Waals surface area contributed by atoms with Gasteiger partial charge in [0.1, 0.15) is 18.2 Å². The van der Waals surface area contributed by atoms with Gasteiger partial charge in [-0.2, -0.15) is 0 Å². The van der Waals surface area contributed by atoms with Crippen molar-refractivity contribution in [2.45, 2.75) is 6.61 Å². The van der Waals surface area contributed by atoms with Gasteiger partial charge in [0.05, 0.1) is 16.6 Å². The van der Waals surface area contributed by atoms with Crippen molar-refractivity contribution < 1.29 is 23.8 Å². The second kappa shape index (κ2) is 9.70. The van der Waals surface area contributed by atoms with E-state index in [1.54, 1.807) is 49.5 Å². The molecule has 1 aliphatic heterocycles. The fourth-order valence-corrected chi connectivity index (χ4v) is 3.98. The van der Waals surface area contributed by atoms with Crippen LogP contribution in [0.25, 0.3) is 6.08 Å². The Bertz CT molecular complexity index is 1240. The number of ether oxygens (including phenoxy) is 1. The molecule has 33 heavy (non-hydrogen) atoms. The van der Waals surface area contributed by atoms with Gasteiger partial charge in [0.15, 0.2) is 5.17 Å². The lowest BCUT2D eigenvalue weighted by Gasteiger charge is -2.07. The lowest BCUT2D eigenvalue weighted by molar-refractivity contribution is -0.255. The van der Waals surface area contributed by atoms with Gasteiger partial charge in [-0.1, -0.05) is 36.4 Å². The maximum Gasteiger partial charge on any atom is 0.266 e. The molecule has 0 saturated carbocycles. The molecule has 1 saturated heterocycles. The first-order chi connectivity index (χ1) is 15.9. The largest absolute Gasteiger partial charge is 0.545 e. The Balaban J connectivity index is 1.43. The predicted octanol–water partition coefficient (Wildman–Crippen LogP) is 4.00. The number of rotatable bonds is 6. The summed E-state index contributed by atoms with van der Waals surface area (Å²) in [6.07, 6.45) is 1.77. The van der Waals surface area contributed by atoms with Crippen LogP contribution < -0.4 is 9.84 Å². The molecular weight excluding hydrogens is 443 g/mol. The van der Waals surface area contributed by atoms with Crippen molar-refractivity contribution in [3.8, 4) is 5.75 Å². The van der Waals surface area contributed by atoms with Crippen molar-refractivity contribution in [1.82, 2.24) is 4.90 Å². The lowest BCUT2D eigenvalue weighted by atomic mass is 10.2. The van der Waals surface area contributed by atoms with E-state index in [4.69, 9.17) is 4.74 Å². The molecule has 4 rings (SSSR count). The average Bonchev–Trinajstić information content (AvgIpc) is 3.07. The van der Waals surface area contributed by atoms with Crippen molar-refractivity contribution in [3.63, 3.8) is 0 Å². The minimum atomic E-state index is -1.26. The van der Waals surface area contributed by atoms with Crippen LogP contribution in [-0.2, 0) is 11.4 Å². The summed E-state index contributed by atoms with van der Waals surface area (Å²) in [5.41, 5.74) is 2.28. The third-order valence-corrected chi connectivity index (χ3v) is 5.89. The van der Waals surface area contributed by atoms with E-state index in [0.717, 1.165) is 11.1 Å². The van der Waals surface area contributed by atoms with Crippen LogP contribution in [0.4, 0.5) is 10.1 Å². The number of halogens is 1. The minimum absolute atomic E-state index is 0.0631. The van der Waals surface area contributed by atoms with E-state index >= 15 is 0 Å². The van der Waals surface area contributed by atoms with Crippen molar-refractivity contribution in [2.75, 3.05) is 7.05 Å². The molecule has 0 bridgehead atoms. The third kappa shape index (κ3) is 5.48. The number of carbonyl (C=O) groups excluding carboxylic acids is 2. The van der Waals surface area contributed by atoms with Gasteiger partial charge in [0, 0.05) is 7.05 Å². The number of carboxylic acid groups (broad SMARTS) is 1. The van der Waals surface area contributed by atoms with E-state index in [9.17, 15) is 19.1 Å². The normalized spacial score (nSPS) is 15.9. The Hall–Kier alpha value is -3.91. The van der Waals surface area contributed by atoms with Crippen molar-refractivity contribution in [2.24, 2.45) is 4.99 Å². The van der Waals surface area contributed by atoms with Gasteiger partial charge in [-0.15, -0.1) is 0 Å². The number of amides is 1. The Morgan fingerprint density at radius 1 is 1.06 bits per heavy atom. The highest BCUT2D eigenvalue weighted by Crippen LogP contribution is 2.33. The van der Waals surface area contributed by atoms with E-state index in [-0.39, 0.29) is 17.3 Å². The minimum Gasteiger partial charge on any atom is -0.545 e. The van der Waals surface area contributed by atoms with Gasteiger partial charge in [-0.05, 0) is 70.9 Å². The number of benzene rings is 3. The van der Waals surface area contributed by atoms with E-state index < -0.39 is 5.97 Å². The molecule has 1 fully saturated rings. The molecule has 3 aromatic rings. The molecule has 1 heterocycles. The van der Waals surface area contributed by atoms with Crippen LogP contribution in [0.15, 0.2) is 82.7 Å². The van der Waals surface area contributed by atoms with Crippen LogP contribution >= 0.6 is 11.8 Å². The molecule has 166 valence electrons. The first-order valence-electron chi connectivity index (χ1n) is 9.94. The number of aliphatic imine (C=N–C) groups is 1. The standard InChI is InChI=1S/C25H19FN2O4S/c1-28-23(29)22(33-25(28)27-20-10-6-18(7-11-20)24(30)31)14-16-4-12-21(13-5-16)32-15-17-2-8-19(26)9-3-17/h2-14H,15H2,1H3,(H,30,31)/p-1. The highest BCUT2D eigenvalue weighted by atomic mass is 32.2. The summed E-state index contributed by atoms with van der Waals surface area (Å²) in [5, 5.41) is 11.4. The summed E-state index contributed by atoms with van der Waals surface area (Å²) in [6, 6.07) is 19.3. The molecule has 0 aromatic heterocycles. The van der Waals surface area contributed by atoms with Crippen LogP contribution in [0.3, 0.4) is 0 Å². The summed E-state index contributed by atoms with van der Waals surface area (Å²) < 4.78 is 18.7. The maximum atomic E-state index is 13.0. The molecule has 0 atom stereocenters.